The van der Waals surface area contributed by atoms with Crippen molar-refractivity contribution in [1.29, 1.82) is 0 Å². The predicted octanol–water partition coefficient (Wildman–Crippen LogP) is 2.10. The molecule has 1 aliphatic rings. The second-order valence-corrected chi connectivity index (χ2v) is 4.67. The van der Waals surface area contributed by atoms with Crippen molar-refractivity contribution in [2.45, 2.75) is 26.3 Å². The number of furan rings is 1. The summed E-state index contributed by atoms with van der Waals surface area (Å²) in [6.45, 7) is 8.04. The van der Waals surface area contributed by atoms with Gasteiger partial charge in [-0.1, -0.05) is 13.3 Å². The second kappa shape index (κ2) is 6.06. The predicted molar refractivity (Wildman–Crippen MR) is 65.3 cm³/mol. The molecule has 1 aromatic heterocycles. The molecule has 0 saturated carbocycles. The van der Waals surface area contributed by atoms with Crippen molar-refractivity contribution in [2.75, 3.05) is 26.2 Å². The number of hydrogen-bond acceptors (Lipinski definition) is 3. The molecule has 90 valence electrons. The van der Waals surface area contributed by atoms with E-state index < -0.39 is 0 Å². The third-order valence-electron chi connectivity index (χ3n) is 3.46. The Balaban J connectivity index is 1.55. The molecule has 3 heteroatoms. The first-order valence-corrected chi connectivity index (χ1v) is 6.32. The van der Waals surface area contributed by atoms with E-state index in [0.717, 1.165) is 19.0 Å². The average Bonchev–Trinajstić information content (AvgIpc) is 2.95. The number of hydrogen-bond donors (Lipinski definition) is 1. The van der Waals surface area contributed by atoms with Crippen LogP contribution in [0, 0.1) is 5.92 Å². The Morgan fingerprint density at radius 2 is 2.50 bits per heavy atom. The van der Waals surface area contributed by atoms with Crippen LogP contribution >= 0.6 is 0 Å². The van der Waals surface area contributed by atoms with Crippen LogP contribution in [0.2, 0.25) is 0 Å². The highest BCUT2D eigenvalue weighted by atomic mass is 16.3. The van der Waals surface area contributed by atoms with Gasteiger partial charge in [0.15, 0.2) is 0 Å². The molecule has 2 rings (SSSR count). The van der Waals surface area contributed by atoms with Gasteiger partial charge in [0, 0.05) is 31.7 Å². The van der Waals surface area contributed by atoms with Gasteiger partial charge in [-0.05, 0) is 24.9 Å². The lowest BCUT2D eigenvalue weighted by molar-refractivity contribution is 0.320. The van der Waals surface area contributed by atoms with Crippen LogP contribution in [-0.4, -0.2) is 31.1 Å². The first-order valence-electron chi connectivity index (χ1n) is 6.32. The normalized spacial score (nSPS) is 21.7. The molecule has 1 saturated heterocycles. The molecular weight excluding hydrogens is 200 g/mol. The number of rotatable bonds is 6. The Morgan fingerprint density at radius 1 is 1.56 bits per heavy atom. The molecule has 1 atom stereocenters. The summed E-state index contributed by atoms with van der Waals surface area (Å²) >= 11 is 0. The van der Waals surface area contributed by atoms with Crippen molar-refractivity contribution in [3.05, 3.63) is 24.2 Å². The molecule has 0 bridgehead atoms. The van der Waals surface area contributed by atoms with Crippen LogP contribution in [0.25, 0.3) is 0 Å². The maximum atomic E-state index is 5.02. The summed E-state index contributed by atoms with van der Waals surface area (Å²) < 4.78 is 5.02. The van der Waals surface area contributed by atoms with Gasteiger partial charge >= 0.3 is 0 Å². The third-order valence-corrected chi connectivity index (χ3v) is 3.46. The fourth-order valence-corrected chi connectivity index (χ4v) is 2.31. The van der Waals surface area contributed by atoms with Gasteiger partial charge in [-0.3, -0.25) is 0 Å². The molecule has 0 amide bonds. The summed E-state index contributed by atoms with van der Waals surface area (Å²) in [6, 6.07) is 2.01. The van der Waals surface area contributed by atoms with E-state index >= 15 is 0 Å². The standard InChI is InChI=1S/C13H22N2O/c1-2-12-3-6-15(10-12)7-5-14-9-13-4-8-16-11-13/h4,8,11-12,14H,2-3,5-7,9-10H2,1H3. The summed E-state index contributed by atoms with van der Waals surface area (Å²) in [5.74, 6) is 0.939. The molecule has 16 heavy (non-hydrogen) atoms. The van der Waals surface area contributed by atoms with E-state index in [-0.39, 0.29) is 0 Å². The largest absolute Gasteiger partial charge is 0.472 e. The van der Waals surface area contributed by atoms with Gasteiger partial charge in [0.1, 0.15) is 0 Å². The molecule has 1 aromatic rings. The lowest BCUT2D eigenvalue weighted by Crippen LogP contribution is -2.30. The smallest absolute Gasteiger partial charge is 0.0947 e. The Morgan fingerprint density at radius 3 is 3.19 bits per heavy atom. The molecule has 1 aliphatic heterocycles. The van der Waals surface area contributed by atoms with Gasteiger partial charge in [-0.2, -0.15) is 0 Å². The van der Waals surface area contributed by atoms with Crippen LogP contribution < -0.4 is 5.32 Å². The van der Waals surface area contributed by atoms with Crippen molar-refractivity contribution >= 4 is 0 Å². The SMILES string of the molecule is CCC1CCN(CCNCc2ccoc2)C1. The minimum absolute atomic E-state index is 0.918. The van der Waals surface area contributed by atoms with E-state index in [1.807, 2.05) is 6.07 Å². The molecule has 0 spiro atoms. The molecule has 0 aliphatic carbocycles. The molecule has 3 nitrogen and oxygen atoms in total. The number of nitrogens with zero attached hydrogens (tertiary/aromatic N) is 1. The van der Waals surface area contributed by atoms with E-state index in [4.69, 9.17) is 4.42 Å². The summed E-state index contributed by atoms with van der Waals surface area (Å²) in [7, 11) is 0. The quantitative estimate of drug-likeness (QED) is 0.747. The Bertz CT molecular complexity index is 284. The fourth-order valence-electron chi connectivity index (χ4n) is 2.31. The molecule has 1 unspecified atom stereocenters. The zero-order valence-corrected chi connectivity index (χ0v) is 10.1. The van der Waals surface area contributed by atoms with E-state index in [1.54, 1.807) is 12.5 Å². The maximum Gasteiger partial charge on any atom is 0.0947 e. The molecule has 1 N–H and O–H groups in total. The monoisotopic (exact) mass is 222 g/mol. The Hall–Kier alpha value is -0.800. The van der Waals surface area contributed by atoms with Crippen molar-refractivity contribution in [3.8, 4) is 0 Å². The molecule has 0 radical (unpaired) electrons. The lowest BCUT2D eigenvalue weighted by atomic mass is 10.1. The third kappa shape index (κ3) is 3.35. The van der Waals surface area contributed by atoms with Crippen LogP contribution in [0.15, 0.2) is 23.0 Å². The maximum absolute atomic E-state index is 5.02. The van der Waals surface area contributed by atoms with Crippen molar-refractivity contribution in [2.24, 2.45) is 5.92 Å². The Kier molecular flexibility index (Phi) is 4.43. The summed E-state index contributed by atoms with van der Waals surface area (Å²) in [6.07, 6.45) is 6.25. The molecule has 0 aromatic carbocycles. The zero-order chi connectivity index (χ0) is 11.2. The summed E-state index contributed by atoms with van der Waals surface area (Å²) in [5.41, 5.74) is 1.23. The number of likely N-dealkylation sites (tertiary alicyclic amines) is 1. The van der Waals surface area contributed by atoms with E-state index in [9.17, 15) is 0 Å². The van der Waals surface area contributed by atoms with Gasteiger partial charge in [0.05, 0.1) is 12.5 Å². The molecular formula is C13H22N2O. The summed E-state index contributed by atoms with van der Waals surface area (Å²) in [4.78, 5) is 2.57. The van der Waals surface area contributed by atoms with Crippen molar-refractivity contribution < 1.29 is 4.42 Å². The second-order valence-electron chi connectivity index (χ2n) is 4.67. The minimum Gasteiger partial charge on any atom is -0.472 e. The van der Waals surface area contributed by atoms with E-state index in [1.165, 1.54) is 38.0 Å². The van der Waals surface area contributed by atoms with E-state index in [2.05, 4.69) is 17.1 Å². The van der Waals surface area contributed by atoms with Gasteiger partial charge in [-0.25, -0.2) is 0 Å². The van der Waals surface area contributed by atoms with E-state index in [0.29, 0.717) is 0 Å². The molecule has 2 heterocycles. The average molecular weight is 222 g/mol. The van der Waals surface area contributed by atoms with Gasteiger partial charge in [0.2, 0.25) is 0 Å². The fraction of sp³-hybridized carbons (Fsp3) is 0.692. The van der Waals surface area contributed by atoms with Gasteiger partial charge in [-0.15, -0.1) is 0 Å². The topological polar surface area (TPSA) is 28.4 Å². The van der Waals surface area contributed by atoms with Gasteiger partial charge in [0.25, 0.3) is 0 Å². The van der Waals surface area contributed by atoms with Crippen LogP contribution in [0.1, 0.15) is 25.3 Å². The highest BCUT2D eigenvalue weighted by Gasteiger charge is 2.19. The molecule has 1 fully saturated rings. The van der Waals surface area contributed by atoms with Crippen LogP contribution in [0.4, 0.5) is 0 Å². The highest BCUT2D eigenvalue weighted by Crippen LogP contribution is 2.18. The first-order chi connectivity index (χ1) is 7.88. The van der Waals surface area contributed by atoms with Gasteiger partial charge < -0.3 is 14.6 Å². The van der Waals surface area contributed by atoms with Crippen LogP contribution in [0.5, 0.6) is 0 Å². The Labute approximate surface area is 97.8 Å². The highest BCUT2D eigenvalue weighted by molar-refractivity contribution is 5.04. The number of nitrogens with one attached hydrogen (secondary N) is 1. The van der Waals surface area contributed by atoms with Crippen LogP contribution in [-0.2, 0) is 6.54 Å². The van der Waals surface area contributed by atoms with Crippen molar-refractivity contribution in [3.63, 3.8) is 0 Å². The lowest BCUT2D eigenvalue weighted by Gasteiger charge is -2.15. The summed E-state index contributed by atoms with van der Waals surface area (Å²) in [5, 5.41) is 3.45. The first kappa shape index (κ1) is 11.7. The zero-order valence-electron chi connectivity index (χ0n) is 10.1. The minimum atomic E-state index is 0.918. The van der Waals surface area contributed by atoms with Crippen LogP contribution in [0.3, 0.4) is 0 Å². The van der Waals surface area contributed by atoms with Crippen molar-refractivity contribution in [1.82, 2.24) is 10.2 Å².